The first kappa shape index (κ1) is 39.8. The molecule has 4 rings (SSSR count). The van der Waals surface area contributed by atoms with E-state index in [4.69, 9.17) is 20.6 Å². The molecule has 250 valence electrons. The van der Waals surface area contributed by atoms with Crippen LogP contribution in [0.2, 0.25) is 0 Å². The van der Waals surface area contributed by atoms with Crippen LogP contribution in [0.5, 0.6) is 0 Å². The maximum Gasteiger partial charge on any atom is 0.294 e. The van der Waals surface area contributed by atoms with Crippen molar-refractivity contribution in [3.8, 4) is 0 Å². The molecule has 0 radical (unpaired) electrons. The monoisotopic (exact) mass is 800 g/mol. The number of rotatable bonds is 9. The van der Waals surface area contributed by atoms with Gasteiger partial charge < -0.3 is 0 Å². The molecule has 0 aliphatic carbocycles. The molecule has 4 aromatic rings. The van der Waals surface area contributed by atoms with Gasteiger partial charge in [0, 0.05) is 0 Å². The fourth-order valence-corrected chi connectivity index (χ4v) is 12.8. The Balaban J connectivity index is 0.000000277. The SMILES string of the molecule is CC(C)(CN)c1ccccc1[Se][Se]c1ccccc1C(C)(C)CN.Cc1ccc(S(=O)(=O)O)cc1.Cc1ccc(S(=O)(=O)O)cc1. The molecule has 0 saturated carbocycles. The van der Waals surface area contributed by atoms with Crippen LogP contribution in [-0.2, 0) is 31.1 Å². The molecule has 4 aromatic carbocycles. The van der Waals surface area contributed by atoms with Crippen molar-refractivity contribution >= 4 is 55.4 Å². The normalized spacial score (nSPS) is 12.0. The van der Waals surface area contributed by atoms with Crippen LogP contribution in [0.1, 0.15) is 49.9 Å². The first-order valence-electron chi connectivity index (χ1n) is 14.3. The van der Waals surface area contributed by atoms with E-state index in [0.29, 0.717) is 39.4 Å². The van der Waals surface area contributed by atoms with Crippen molar-refractivity contribution in [2.75, 3.05) is 13.1 Å². The van der Waals surface area contributed by atoms with Gasteiger partial charge in [0.25, 0.3) is 20.2 Å². The van der Waals surface area contributed by atoms with Crippen molar-refractivity contribution < 1.29 is 25.9 Å². The maximum absolute atomic E-state index is 10.5. The predicted octanol–water partition coefficient (Wildman–Crippen LogP) is 3.92. The van der Waals surface area contributed by atoms with E-state index in [2.05, 4.69) is 76.2 Å². The molecule has 6 N–H and O–H groups in total. The molecule has 0 bridgehead atoms. The van der Waals surface area contributed by atoms with Gasteiger partial charge in [-0.3, -0.25) is 9.11 Å². The Labute approximate surface area is 285 Å². The molecule has 0 atom stereocenters. The van der Waals surface area contributed by atoms with Crippen LogP contribution in [0.25, 0.3) is 0 Å². The summed E-state index contributed by atoms with van der Waals surface area (Å²) in [6.07, 6.45) is 0. The summed E-state index contributed by atoms with van der Waals surface area (Å²) < 4.78 is 62.1. The molecular formula is C34H44N2O6S2Se2. The minimum atomic E-state index is -4.02. The Bertz CT molecular complexity index is 1640. The van der Waals surface area contributed by atoms with Crippen molar-refractivity contribution in [1.29, 1.82) is 0 Å². The zero-order valence-corrected chi connectivity index (χ0v) is 32.0. The summed E-state index contributed by atoms with van der Waals surface area (Å²) in [6, 6.07) is 29.6. The van der Waals surface area contributed by atoms with E-state index < -0.39 is 20.2 Å². The first-order valence-corrected chi connectivity index (χ1v) is 23.3. The molecule has 0 aliphatic heterocycles. The van der Waals surface area contributed by atoms with E-state index in [0.717, 1.165) is 11.1 Å². The van der Waals surface area contributed by atoms with Crippen molar-refractivity contribution in [2.45, 2.75) is 62.2 Å². The Morgan fingerprint density at radius 1 is 0.543 bits per heavy atom. The fraction of sp³-hybridized carbons (Fsp3) is 0.294. The summed E-state index contributed by atoms with van der Waals surface area (Å²) in [4.78, 5) is -0.133. The minimum Gasteiger partial charge on any atom is -0.282 e. The van der Waals surface area contributed by atoms with Gasteiger partial charge in [-0.25, -0.2) is 0 Å². The summed E-state index contributed by atoms with van der Waals surface area (Å²) in [5.74, 6) is 0. The second kappa shape index (κ2) is 17.2. The van der Waals surface area contributed by atoms with Crippen LogP contribution < -0.4 is 20.4 Å². The van der Waals surface area contributed by atoms with Gasteiger partial charge in [-0.2, -0.15) is 16.8 Å². The average molecular weight is 799 g/mol. The van der Waals surface area contributed by atoms with Crippen molar-refractivity contribution in [1.82, 2.24) is 0 Å². The standard InChI is InChI=1S/C20H28N2Se2.2C7H8O3S/c1-19(2,13-21)15-9-5-7-11-17(15)23-24-18-12-8-6-10-16(18)20(3,4)14-22;2*1-6-2-4-7(5-3-6)11(8,9)10/h5-12H,13-14,21-22H2,1-4H3;2*2-5H,1H3,(H,8,9,10). The van der Waals surface area contributed by atoms with E-state index in [1.54, 1.807) is 24.3 Å². The van der Waals surface area contributed by atoms with Crippen LogP contribution in [-0.4, -0.2) is 65.3 Å². The molecule has 0 unspecified atom stereocenters. The summed E-state index contributed by atoms with van der Waals surface area (Å²) in [5, 5.41) is 0. The molecule has 0 amide bonds. The molecule has 12 heteroatoms. The molecule has 0 aromatic heterocycles. The zero-order chi connectivity index (χ0) is 34.8. The zero-order valence-electron chi connectivity index (χ0n) is 27.0. The second-order valence-electron chi connectivity index (χ2n) is 11.9. The second-order valence-corrected chi connectivity index (χ2v) is 20.9. The molecule has 0 heterocycles. The average Bonchev–Trinajstić information content (AvgIpc) is 3.00. The fourth-order valence-electron chi connectivity index (χ4n) is 3.93. The summed E-state index contributed by atoms with van der Waals surface area (Å²) in [5.41, 5.74) is 16.8. The van der Waals surface area contributed by atoms with E-state index in [9.17, 15) is 16.8 Å². The van der Waals surface area contributed by atoms with Gasteiger partial charge in [0.1, 0.15) is 0 Å². The number of hydrogen-bond donors (Lipinski definition) is 4. The summed E-state index contributed by atoms with van der Waals surface area (Å²) in [7, 11) is -8.04. The summed E-state index contributed by atoms with van der Waals surface area (Å²) >= 11 is 0.883. The Morgan fingerprint density at radius 3 is 1.09 bits per heavy atom. The van der Waals surface area contributed by atoms with Gasteiger partial charge >= 0.3 is 158 Å². The third-order valence-corrected chi connectivity index (χ3v) is 16.1. The van der Waals surface area contributed by atoms with Gasteiger partial charge in [0.05, 0.1) is 9.79 Å². The van der Waals surface area contributed by atoms with Gasteiger partial charge in [-0.1, -0.05) is 35.4 Å². The smallest absolute Gasteiger partial charge is 0.282 e. The van der Waals surface area contributed by atoms with Crippen molar-refractivity contribution in [3.63, 3.8) is 0 Å². The van der Waals surface area contributed by atoms with Crippen LogP contribution >= 0.6 is 0 Å². The predicted molar refractivity (Wildman–Crippen MR) is 190 cm³/mol. The number of aryl methyl sites for hydroxylation is 2. The third kappa shape index (κ3) is 12.4. The number of hydrogen-bond acceptors (Lipinski definition) is 6. The number of benzene rings is 4. The molecule has 0 aliphatic rings. The van der Waals surface area contributed by atoms with Crippen LogP contribution in [0.3, 0.4) is 0 Å². The van der Waals surface area contributed by atoms with E-state index >= 15 is 0 Å². The van der Waals surface area contributed by atoms with Crippen LogP contribution in [0.15, 0.2) is 107 Å². The maximum atomic E-state index is 10.5. The summed E-state index contributed by atoms with van der Waals surface area (Å²) in [6.45, 7) is 14.0. The topological polar surface area (TPSA) is 161 Å². The Hall–Kier alpha value is -2.34. The van der Waals surface area contributed by atoms with Crippen molar-refractivity contribution in [2.24, 2.45) is 11.5 Å². The van der Waals surface area contributed by atoms with E-state index in [1.165, 1.54) is 44.3 Å². The quantitative estimate of drug-likeness (QED) is 0.147. The molecule has 0 spiro atoms. The van der Waals surface area contributed by atoms with Gasteiger partial charge in [-0.05, 0) is 38.1 Å². The van der Waals surface area contributed by atoms with Gasteiger partial charge in [0.2, 0.25) is 0 Å². The van der Waals surface area contributed by atoms with Crippen molar-refractivity contribution in [3.05, 3.63) is 119 Å². The molecule has 46 heavy (non-hydrogen) atoms. The third-order valence-electron chi connectivity index (χ3n) is 7.11. The molecular weight excluding hydrogens is 754 g/mol. The van der Waals surface area contributed by atoms with E-state index in [1.807, 2.05) is 13.8 Å². The Kier molecular flexibility index (Phi) is 14.9. The molecule has 8 nitrogen and oxygen atoms in total. The largest absolute Gasteiger partial charge is 0.294 e. The first-order chi connectivity index (χ1) is 21.3. The van der Waals surface area contributed by atoms with Gasteiger partial charge in [0.15, 0.2) is 0 Å². The molecule has 0 fully saturated rings. The number of nitrogens with two attached hydrogens (primary N) is 2. The van der Waals surface area contributed by atoms with Crippen LogP contribution in [0.4, 0.5) is 0 Å². The van der Waals surface area contributed by atoms with Gasteiger partial charge in [-0.15, -0.1) is 0 Å². The Morgan fingerprint density at radius 2 is 0.826 bits per heavy atom. The van der Waals surface area contributed by atoms with E-state index in [-0.39, 0.29) is 20.6 Å². The minimum absolute atomic E-state index is 0.0322. The molecule has 0 saturated heterocycles. The van der Waals surface area contributed by atoms with Crippen LogP contribution in [0, 0.1) is 13.8 Å².